The minimum absolute atomic E-state index is 0.0713. The molecule has 1 rings (SSSR count). The first-order chi connectivity index (χ1) is 6.93. The summed E-state index contributed by atoms with van der Waals surface area (Å²) in [5, 5.41) is 0. The van der Waals surface area contributed by atoms with Crippen LogP contribution in [0.2, 0.25) is 0 Å². The molecule has 1 saturated heterocycles. The van der Waals surface area contributed by atoms with E-state index in [4.69, 9.17) is 4.74 Å². The topological polar surface area (TPSA) is 12.5 Å². The average molecular weight is 223 g/mol. The van der Waals surface area contributed by atoms with Crippen molar-refractivity contribution in [3.8, 4) is 0 Å². The van der Waals surface area contributed by atoms with Gasteiger partial charge in [-0.1, -0.05) is 12.2 Å². The maximum absolute atomic E-state index is 12.4. The van der Waals surface area contributed by atoms with E-state index in [1.165, 1.54) is 0 Å². The molecule has 0 aromatic carbocycles. The summed E-state index contributed by atoms with van der Waals surface area (Å²) >= 11 is 0. The Hall–Kier alpha value is -0.550. The van der Waals surface area contributed by atoms with Gasteiger partial charge in [0.2, 0.25) is 0 Å². The van der Waals surface area contributed by atoms with Crippen molar-refractivity contribution in [2.24, 2.45) is 0 Å². The summed E-state index contributed by atoms with van der Waals surface area (Å²) in [4.78, 5) is 1.76. The summed E-state index contributed by atoms with van der Waals surface area (Å²) in [6, 6.07) is 0. The molecule has 0 bridgehead atoms. The van der Waals surface area contributed by atoms with Crippen molar-refractivity contribution in [2.45, 2.75) is 32.2 Å². The van der Waals surface area contributed by atoms with Gasteiger partial charge in [-0.05, 0) is 13.8 Å². The molecule has 88 valence electrons. The first-order valence-electron chi connectivity index (χ1n) is 4.99. The van der Waals surface area contributed by atoms with Gasteiger partial charge in [-0.3, -0.25) is 4.90 Å². The highest BCUT2D eigenvalue weighted by molar-refractivity contribution is 4.87. The number of rotatable bonds is 2. The number of hydrogen-bond donors (Lipinski definition) is 0. The van der Waals surface area contributed by atoms with E-state index in [1.807, 2.05) is 19.1 Å². The largest absolute Gasteiger partial charge is 0.415 e. The van der Waals surface area contributed by atoms with Crippen molar-refractivity contribution < 1.29 is 17.9 Å². The van der Waals surface area contributed by atoms with Crippen molar-refractivity contribution in [3.05, 3.63) is 12.2 Å². The van der Waals surface area contributed by atoms with Gasteiger partial charge in [0.05, 0.1) is 6.10 Å². The molecule has 0 saturated carbocycles. The number of morpholine rings is 1. The second-order valence-corrected chi connectivity index (χ2v) is 3.76. The van der Waals surface area contributed by atoms with E-state index in [0.717, 1.165) is 0 Å². The fourth-order valence-electron chi connectivity index (χ4n) is 1.62. The Kier molecular flexibility index (Phi) is 4.16. The van der Waals surface area contributed by atoms with Gasteiger partial charge in [0.25, 0.3) is 0 Å². The maximum atomic E-state index is 12.4. The Morgan fingerprint density at radius 2 is 2.07 bits per heavy atom. The van der Waals surface area contributed by atoms with E-state index >= 15 is 0 Å². The highest BCUT2D eigenvalue weighted by atomic mass is 19.4. The highest BCUT2D eigenvalue weighted by Crippen LogP contribution is 2.27. The first kappa shape index (κ1) is 12.5. The van der Waals surface area contributed by atoms with Crippen LogP contribution in [-0.4, -0.2) is 42.9 Å². The van der Waals surface area contributed by atoms with Crippen LogP contribution in [0.3, 0.4) is 0 Å². The lowest BCUT2D eigenvalue weighted by Gasteiger charge is -2.36. The Morgan fingerprint density at radius 1 is 1.40 bits per heavy atom. The fraction of sp³-hybridized carbons (Fsp3) is 0.800. The molecule has 1 fully saturated rings. The van der Waals surface area contributed by atoms with Gasteiger partial charge in [0.1, 0.15) is 0 Å². The third-order valence-electron chi connectivity index (χ3n) is 2.30. The first-order valence-corrected chi connectivity index (χ1v) is 4.99. The van der Waals surface area contributed by atoms with Crippen molar-refractivity contribution >= 4 is 0 Å². The maximum Gasteiger partial charge on any atom is 0.415 e. The van der Waals surface area contributed by atoms with E-state index in [-0.39, 0.29) is 12.6 Å². The lowest BCUT2D eigenvalue weighted by Crippen LogP contribution is -2.52. The molecule has 5 heteroatoms. The molecule has 0 spiro atoms. The smallest absolute Gasteiger partial charge is 0.363 e. The SMILES string of the molecule is C/C=C/CN1CC(C)OC(C(F)(F)F)C1. The van der Waals surface area contributed by atoms with Crippen molar-refractivity contribution in [1.29, 1.82) is 0 Å². The van der Waals surface area contributed by atoms with Gasteiger partial charge in [0, 0.05) is 19.6 Å². The molecule has 0 N–H and O–H groups in total. The molecule has 1 heterocycles. The van der Waals surface area contributed by atoms with Crippen LogP contribution in [0.4, 0.5) is 13.2 Å². The van der Waals surface area contributed by atoms with Crippen LogP contribution in [0, 0.1) is 0 Å². The third-order valence-corrected chi connectivity index (χ3v) is 2.30. The molecular formula is C10H16F3NO. The predicted octanol–water partition coefficient (Wildman–Crippen LogP) is 2.21. The standard InChI is InChI=1S/C10H16F3NO/c1-3-4-5-14-6-8(2)15-9(7-14)10(11,12)13/h3-4,8-9H,5-7H2,1-2H3/b4-3+. The molecule has 15 heavy (non-hydrogen) atoms. The zero-order valence-electron chi connectivity index (χ0n) is 8.92. The monoisotopic (exact) mass is 223 g/mol. The quantitative estimate of drug-likeness (QED) is 0.665. The predicted molar refractivity (Wildman–Crippen MR) is 51.6 cm³/mol. The summed E-state index contributed by atoms with van der Waals surface area (Å²) < 4.78 is 42.2. The van der Waals surface area contributed by atoms with E-state index in [1.54, 1.807) is 11.8 Å². The second kappa shape index (κ2) is 4.99. The van der Waals surface area contributed by atoms with Crippen LogP contribution in [-0.2, 0) is 4.74 Å². The van der Waals surface area contributed by atoms with Gasteiger partial charge in [0.15, 0.2) is 6.10 Å². The highest BCUT2D eigenvalue weighted by Gasteiger charge is 2.44. The number of hydrogen-bond acceptors (Lipinski definition) is 2. The lowest BCUT2D eigenvalue weighted by atomic mass is 10.2. The Bertz CT molecular complexity index is 227. The van der Waals surface area contributed by atoms with Crippen LogP contribution in [0.5, 0.6) is 0 Å². The zero-order chi connectivity index (χ0) is 11.5. The molecule has 0 aromatic heterocycles. The van der Waals surface area contributed by atoms with Crippen molar-refractivity contribution in [2.75, 3.05) is 19.6 Å². The van der Waals surface area contributed by atoms with Gasteiger partial charge in [-0.15, -0.1) is 0 Å². The Labute approximate surface area is 87.7 Å². The van der Waals surface area contributed by atoms with Crippen molar-refractivity contribution in [1.82, 2.24) is 4.90 Å². The Morgan fingerprint density at radius 3 is 2.60 bits per heavy atom. The molecule has 0 radical (unpaired) electrons. The number of alkyl halides is 3. The van der Waals surface area contributed by atoms with E-state index in [0.29, 0.717) is 13.1 Å². The number of allylic oxidation sites excluding steroid dienone is 1. The lowest BCUT2D eigenvalue weighted by molar-refractivity contribution is -0.250. The summed E-state index contributed by atoms with van der Waals surface area (Å²) in [5.74, 6) is 0. The molecule has 0 aliphatic carbocycles. The van der Waals surface area contributed by atoms with E-state index in [2.05, 4.69) is 0 Å². The summed E-state index contributed by atoms with van der Waals surface area (Å²) in [6.07, 6.45) is -2.58. The number of halogens is 3. The molecule has 2 atom stereocenters. The Balaban J connectivity index is 2.55. The molecule has 0 aromatic rings. The van der Waals surface area contributed by atoms with E-state index < -0.39 is 12.3 Å². The van der Waals surface area contributed by atoms with Crippen LogP contribution in [0.15, 0.2) is 12.2 Å². The molecular weight excluding hydrogens is 207 g/mol. The molecule has 1 aliphatic rings. The van der Waals surface area contributed by atoms with Gasteiger partial charge in [-0.2, -0.15) is 13.2 Å². The van der Waals surface area contributed by atoms with E-state index in [9.17, 15) is 13.2 Å². The molecule has 2 unspecified atom stereocenters. The van der Waals surface area contributed by atoms with Gasteiger partial charge in [-0.25, -0.2) is 0 Å². The van der Waals surface area contributed by atoms with Crippen LogP contribution in [0.25, 0.3) is 0 Å². The summed E-state index contributed by atoms with van der Waals surface area (Å²) in [6.45, 7) is 4.55. The van der Waals surface area contributed by atoms with Crippen LogP contribution < -0.4 is 0 Å². The van der Waals surface area contributed by atoms with Gasteiger partial charge >= 0.3 is 6.18 Å². The number of ether oxygens (including phenoxy) is 1. The third kappa shape index (κ3) is 3.83. The normalized spacial score (nSPS) is 29.9. The van der Waals surface area contributed by atoms with Crippen molar-refractivity contribution in [3.63, 3.8) is 0 Å². The summed E-state index contributed by atoms with van der Waals surface area (Å²) in [5.41, 5.74) is 0. The zero-order valence-corrected chi connectivity index (χ0v) is 8.92. The fourth-order valence-corrected chi connectivity index (χ4v) is 1.62. The molecule has 0 amide bonds. The summed E-state index contributed by atoms with van der Waals surface area (Å²) in [7, 11) is 0. The molecule has 1 aliphatic heterocycles. The minimum Gasteiger partial charge on any atom is -0.363 e. The molecule has 2 nitrogen and oxygen atoms in total. The van der Waals surface area contributed by atoms with Gasteiger partial charge < -0.3 is 4.74 Å². The second-order valence-electron chi connectivity index (χ2n) is 3.76. The minimum atomic E-state index is -4.26. The number of nitrogens with zero attached hydrogens (tertiary/aromatic N) is 1. The van der Waals surface area contributed by atoms with Crippen LogP contribution in [0.1, 0.15) is 13.8 Å². The average Bonchev–Trinajstić information content (AvgIpc) is 2.12. The van der Waals surface area contributed by atoms with Crippen LogP contribution >= 0.6 is 0 Å².